The highest BCUT2D eigenvalue weighted by atomic mass is 32.1. The van der Waals surface area contributed by atoms with Crippen molar-refractivity contribution in [2.75, 3.05) is 6.54 Å². The Kier molecular flexibility index (Phi) is 3.54. The molecule has 0 bridgehead atoms. The summed E-state index contributed by atoms with van der Waals surface area (Å²) < 4.78 is 5.33. The third-order valence-electron chi connectivity index (χ3n) is 4.35. The summed E-state index contributed by atoms with van der Waals surface area (Å²) in [4.78, 5) is 16.2. The second-order valence-corrected chi connectivity index (χ2v) is 6.84. The van der Waals surface area contributed by atoms with Gasteiger partial charge in [-0.3, -0.25) is 4.79 Å². The van der Waals surface area contributed by atoms with Gasteiger partial charge in [-0.2, -0.15) is 0 Å². The van der Waals surface area contributed by atoms with Crippen LogP contribution in [0.3, 0.4) is 0 Å². The lowest BCUT2D eigenvalue weighted by atomic mass is 9.92. The first-order chi connectivity index (χ1) is 11.2. The van der Waals surface area contributed by atoms with E-state index in [1.807, 2.05) is 4.90 Å². The Hall–Kier alpha value is -2.33. The molecule has 3 heterocycles. The van der Waals surface area contributed by atoms with Crippen molar-refractivity contribution in [2.24, 2.45) is 0 Å². The molecule has 0 spiro atoms. The van der Waals surface area contributed by atoms with Gasteiger partial charge in [0, 0.05) is 11.4 Å². The van der Waals surface area contributed by atoms with Crippen LogP contribution in [-0.2, 0) is 6.42 Å². The summed E-state index contributed by atoms with van der Waals surface area (Å²) in [5.41, 5.74) is 3.61. The van der Waals surface area contributed by atoms with Crippen LogP contribution in [0, 0.1) is 6.92 Å². The van der Waals surface area contributed by atoms with E-state index in [4.69, 9.17) is 4.42 Å². The van der Waals surface area contributed by atoms with Gasteiger partial charge < -0.3 is 9.32 Å². The fourth-order valence-corrected chi connectivity index (χ4v) is 4.09. The van der Waals surface area contributed by atoms with Gasteiger partial charge in [-0.25, -0.2) is 0 Å². The molecular formula is C19H17NO2S. The van der Waals surface area contributed by atoms with Crippen molar-refractivity contribution in [2.45, 2.75) is 19.4 Å². The van der Waals surface area contributed by atoms with Crippen LogP contribution in [0.15, 0.2) is 58.5 Å². The molecule has 0 saturated heterocycles. The quantitative estimate of drug-likeness (QED) is 0.698. The van der Waals surface area contributed by atoms with Crippen LogP contribution in [0.2, 0.25) is 0 Å². The van der Waals surface area contributed by atoms with E-state index in [2.05, 4.69) is 42.6 Å². The number of thiophene rings is 1. The van der Waals surface area contributed by atoms with Crippen LogP contribution in [0.1, 0.15) is 38.2 Å². The zero-order valence-corrected chi connectivity index (χ0v) is 13.7. The lowest BCUT2D eigenvalue weighted by molar-refractivity contribution is 0.0663. The van der Waals surface area contributed by atoms with Gasteiger partial charge in [-0.15, -0.1) is 11.3 Å². The Balaban J connectivity index is 1.79. The number of aryl methyl sites for hydroxylation is 1. The summed E-state index contributed by atoms with van der Waals surface area (Å²) >= 11 is 1.78. The normalized spacial score (nSPS) is 17.1. The number of furan rings is 1. The molecule has 0 saturated carbocycles. The first-order valence-corrected chi connectivity index (χ1v) is 8.59. The number of hydrogen-bond donors (Lipinski definition) is 0. The molecule has 3 nitrogen and oxygen atoms in total. The van der Waals surface area contributed by atoms with Crippen LogP contribution < -0.4 is 0 Å². The van der Waals surface area contributed by atoms with Gasteiger partial charge in [0.05, 0.1) is 12.3 Å². The van der Waals surface area contributed by atoms with Crippen LogP contribution in [0.25, 0.3) is 0 Å². The average Bonchev–Trinajstić information content (AvgIpc) is 3.25. The molecule has 2 aromatic heterocycles. The largest absolute Gasteiger partial charge is 0.459 e. The van der Waals surface area contributed by atoms with Crippen LogP contribution in [-0.4, -0.2) is 17.4 Å². The van der Waals surface area contributed by atoms with E-state index >= 15 is 0 Å². The highest BCUT2D eigenvalue weighted by molar-refractivity contribution is 7.10. The van der Waals surface area contributed by atoms with Crippen molar-refractivity contribution in [3.8, 4) is 0 Å². The zero-order valence-electron chi connectivity index (χ0n) is 12.9. The fourth-order valence-electron chi connectivity index (χ4n) is 3.19. The zero-order chi connectivity index (χ0) is 15.8. The van der Waals surface area contributed by atoms with Gasteiger partial charge in [-0.05, 0) is 48.1 Å². The number of carbonyl (C=O) groups excluding carboxylic acids is 1. The van der Waals surface area contributed by atoms with Crippen molar-refractivity contribution < 1.29 is 9.21 Å². The molecule has 116 valence electrons. The third-order valence-corrected chi connectivity index (χ3v) is 5.35. The summed E-state index contributed by atoms with van der Waals surface area (Å²) in [6.07, 6.45) is 2.45. The van der Waals surface area contributed by atoms with Crippen LogP contribution >= 0.6 is 11.3 Å². The Labute approximate surface area is 139 Å². The second-order valence-electron chi connectivity index (χ2n) is 5.84. The topological polar surface area (TPSA) is 33.5 Å². The van der Waals surface area contributed by atoms with Crippen molar-refractivity contribution in [3.63, 3.8) is 0 Å². The summed E-state index contributed by atoms with van der Waals surface area (Å²) in [5.74, 6) is 0.359. The first-order valence-electron chi connectivity index (χ1n) is 7.71. The standard InChI is InChI=1S/C19H17NO2S/c1-13-4-6-14(7-5-13)18-15-9-12-23-17(15)8-10-20(18)19(21)16-3-2-11-22-16/h2-7,9,11-12,18H,8,10H2,1H3. The highest BCUT2D eigenvalue weighted by Crippen LogP contribution is 2.38. The minimum Gasteiger partial charge on any atom is -0.459 e. The van der Waals surface area contributed by atoms with Gasteiger partial charge in [0.1, 0.15) is 0 Å². The van der Waals surface area contributed by atoms with Crippen molar-refractivity contribution >= 4 is 17.2 Å². The van der Waals surface area contributed by atoms with Gasteiger partial charge in [-0.1, -0.05) is 29.8 Å². The predicted octanol–water partition coefficient (Wildman–Crippen LogP) is 4.44. The highest BCUT2D eigenvalue weighted by Gasteiger charge is 2.34. The molecule has 0 N–H and O–H groups in total. The van der Waals surface area contributed by atoms with E-state index in [0.717, 1.165) is 12.0 Å². The maximum absolute atomic E-state index is 12.9. The summed E-state index contributed by atoms with van der Waals surface area (Å²) in [5, 5.41) is 2.12. The van der Waals surface area contributed by atoms with E-state index in [9.17, 15) is 4.79 Å². The molecule has 1 amide bonds. The minimum atomic E-state index is -0.0441. The molecule has 1 aliphatic heterocycles. The minimum absolute atomic E-state index is 0.0387. The maximum atomic E-state index is 12.9. The molecule has 0 radical (unpaired) electrons. The van der Waals surface area contributed by atoms with Gasteiger partial charge in [0.25, 0.3) is 5.91 Å². The number of hydrogen-bond acceptors (Lipinski definition) is 3. The number of fused-ring (bicyclic) bond motifs is 1. The molecular weight excluding hydrogens is 306 g/mol. The molecule has 1 aliphatic rings. The molecule has 1 unspecified atom stereocenters. The number of nitrogens with zero attached hydrogens (tertiary/aromatic N) is 1. The van der Waals surface area contributed by atoms with E-state index in [1.165, 1.54) is 16.0 Å². The molecule has 4 heteroatoms. The summed E-state index contributed by atoms with van der Waals surface area (Å²) in [6.45, 7) is 2.79. The lowest BCUT2D eigenvalue weighted by Crippen LogP contribution is -2.39. The summed E-state index contributed by atoms with van der Waals surface area (Å²) in [7, 11) is 0. The first kappa shape index (κ1) is 14.3. The second kappa shape index (κ2) is 5.70. The van der Waals surface area contributed by atoms with E-state index < -0.39 is 0 Å². The lowest BCUT2D eigenvalue weighted by Gasteiger charge is -2.35. The predicted molar refractivity (Wildman–Crippen MR) is 90.8 cm³/mol. The molecule has 1 atom stereocenters. The summed E-state index contributed by atoms with van der Waals surface area (Å²) in [6, 6.07) is 14.0. The molecule has 23 heavy (non-hydrogen) atoms. The monoisotopic (exact) mass is 323 g/mol. The van der Waals surface area contributed by atoms with E-state index in [1.54, 1.807) is 29.7 Å². The molecule has 3 aromatic rings. The Morgan fingerprint density at radius 1 is 1.22 bits per heavy atom. The number of carbonyl (C=O) groups is 1. The Morgan fingerprint density at radius 3 is 2.78 bits per heavy atom. The molecule has 0 aliphatic carbocycles. The smallest absolute Gasteiger partial charge is 0.290 e. The third kappa shape index (κ3) is 2.49. The van der Waals surface area contributed by atoms with Crippen LogP contribution in [0.4, 0.5) is 0 Å². The Bertz CT molecular complexity index is 817. The van der Waals surface area contributed by atoms with E-state index in [-0.39, 0.29) is 11.9 Å². The van der Waals surface area contributed by atoms with Crippen molar-refractivity contribution in [3.05, 3.63) is 81.4 Å². The van der Waals surface area contributed by atoms with E-state index in [0.29, 0.717) is 12.3 Å². The number of benzene rings is 1. The molecule has 4 rings (SSSR count). The molecule has 1 aromatic carbocycles. The van der Waals surface area contributed by atoms with Crippen LogP contribution in [0.5, 0.6) is 0 Å². The SMILES string of the molecule is Cc1ccc(C2c3ccsc3CCN2C(=O)c2ccco2)cc1. The Morgan fingerprint density at radius 2 is 2.04 bits per heavy atom. The van der Waals surface area contributed by atoms with Crippen molar-refractivity contribution in [1.29, 1.82) is 0 Å². The average molecular weight is 323 g/mol. The molecule has 0 fully saturated rings. The fraction of sp³-hybridized carbons (Fsp3) is 0.211. The van der Waals surface area contributed by atoms with Gasteiger partial charge in [0.15, 0.2) is 5.76 Å². The number of amides is 1. The maximum Gasteiger partial charge on any atom is 0.290 e. The van der Waals surface area contributed by atoms with Gasteiger partial charge >= 0.3 is 0 Å². The number of rotatable bonds is 2. The van der Waals surface area contributed by atoms with Crippen molar-refractivity contribution in [1.82, 2.24) is 4.90 Å². The van der Waals surface area contributed by atoms with Gasteiger partial charge in [0.2, 0.25) is 0 Å².